The van der Waals surface area contributed by atoms with Crippen molar-refractivity contribution < 1.29 is 28.8 Å². The van der Waals surface area contributed by atoms with Gasteiger partial charge < -0.3 is 28.8 Å². The Bertz CT molecular complexity index is 1330. The maximum Gasteiger partial charge on any atom is 0.257 e. The summed E-state index contributed by atoms with van der Waals surface area (Å²) in [5.41, 5.74) is 2.21. The molecule has 2 N–H and O–H groups in total. The van der Waals surface area contributed by atoms with Crippen molar-refractivity contribution in [1.29, 1.82) is 0 Å². The summed E-state index contributed by atoms with van der Waals surface area (Å²) in [5.74, 6) is 1.26. The number of aryl methyl sites for hydroxylation is 1. The lowest BCUT2D eigenvalue weighted by atomic mass is 9.95. The average molecular weight is 492 g/mol. The highest BCUT2D eigenvalue weighted by Crippen LogP contribution is 2.49. The molecular formula is C27H29N3O6. The van der Waals surface area contributed by atoms with Crippen LogP contribution >= 0.6 is 0 Å². The Kier molecular flexibility index (Phi) is 7.58. The molecule has 9 heteroatoms. The molecule has 0 aliphatic heterocycles. The first-order valence-electron chi connectivity index (χ1n) is 11.6. The average Bonchev–Trinajstić information content (AvgIpc) is 3.35. The summed E-state index contributed by atoms with van der Waals surface area (Å²) < 4.78 is 22.4. The van der Waals surface area contributed by atoms with Gasteiger partial charge in [0, 0.05) is 5.56 Å². The van der Waals surface area contributed by atoms with Gasteiger partial charge in [-0.2, -0.15) is 0 Å². The van der Waals surface area contributed by atoms with E-state index in [2.05, 4.69) is 22.1 Å². The summed E-state index contributed by atoms with van der Waals surface area (Å²) in [6.07, 6.45) is 2.55. The molecule has 36 heavy (non-hydrogen) atoms. The number of methoxy groups -OCH3 is 3. The number of nitrogens with zero attached hydrogens (tertiary/aromatic N) is 3. The van der Waals surface area contributed by atoms with Crippen LogP contribution in [-0.4, -0.2) is 46.7 Å². The van der Waals surface area contributed by atoms with Crippen molar-refractivity contribution >= 4 is 0 Å². The number of rotatable bonds is 10. The van der Waals surface area contributed by atoms with E-state index < -0.39 is 5.88 Å². The van der Waals surface area contributed by atoms with Gasteiger partial charge >= 0.3 is 0 Å². The molecule has 2 aromatic carbocycles. The zero-order valence-corrected chi connectivity index (χ0v) is 20.7. The van der Waals surface area contributed by atoms with Crippen LogP contribution in [0.3, 0.4) is 0 Å². The molecule has 0 bridgehead atoms. The van der Waals surface area contributed by atoms with Crippen LogP contribution in [-0.2, 0) is 12.8 Å². The summed E-state index contributed by atoms with van der Waals surface area (Å²) in [6.45, 7) is 2.05. The summed E-state index contributed by atoms with van der Waals surface area (Å²) >= 11 is 0. The minimum atomic E-state index is -0.399. The van der Waals surface area contributed by atoms with Gasteiger partial charge in [0.2, 0.25) is 11.8 Å². The van der Waals surface area contributed by atoms with E-state index in [1.54, 1.807) is 25.3 Å². The molecule has 0 saturated carbocycles. The fraction of sp³-hybridized carbons (Fsp3) is 0.296. The maximum absolute atomic E-state index is 11.5. The third kappa shape index (κ3) is 4.77. The van der Waals surface area contributed by atoms with Gasteiger partial charge in [0.1, 0.15) is 28.6 Å². The van der Waals surface area contributed by atoms with Gasteiger partial charge in [-0.3, -0.25) is 0 Å². The number of hydrogen-bond donors (Lipinski definition) is 2. The predicted octanol–water partition coefficient (Wildman–Crippen LogP) is 5.17. The minimum absolute atomic E-state index is 0.0560. The molecule has 0 amide bonds. The largest absolute Gasteiger partial charge is 0.506 e. The lowest BCUT2D eigenvalue weighted by Crippen LogP contribution is -2.01. The number of hydrogen-bond acceptors (Lipinski definition) is 9. The molecule has 0 spiro atoms. The number of unbranched alkanes of at least 4 members (excludes halogenated alkanes) is 1. The molecule has 188 valence electrons. The summed E-state index contributed by atoms with van der Waals surface area (Å²) in [5, 5.41) is 30.6. The molecule has 2 aromatic heterocycles. The van der Waals surface area contributed by atoms with E-state index >= 15 is 0 Å². The second kappa shape index (κ2) is 11.0. The van der Waals surface area contributed by atoms with Crippen LogP contribution in [0.5, 0.6) is 28.9 Å². The third-order valence-electron chi connectivity index (χ3n) is 5.89. The Morgan fingerprint density at radius 1 is 0.806 bits per heavy atom. The zero-order chi connectivity index (χ0) is 25.7. The topological polar surface area (TPSA) is 120 Å². The van der Waals surface area contributed by atoms with Crippen molar-refractivity contribution in [1.82, 2.24) is 15.2 Å². The number of ether oxygens (including phenoxy) is 3. The number of para-hydroxylation sites is 1. The summed E-state index contributed by atoms with van der Waals surface area (Å²) in [7, 11) is 4.67. The Morgan fingerprint density at radius 2 is 1.47 bits per heavy atom. The van der Waals surface area contributed by atoms with Gasteiger partial charge in [-0.1, -0.05) is 37.6 Å². The molecule has 2 heterocycles. The van der Waals surface area contributed by atoms with Gasteiger partial charge in [0.15, 0.2) is 0 Å². The Hall–Kier alpha value is -4.27. The van der Waals surface area contributed by atoms with Gasteiger partial charge in [-0.15, -0.1) is 10.2 Å². The van der Waals surface area contributed by atoms with Gasteiger partial charge in [0.05, 0.1) is 44.6 Å². The lowest BCUT2D eigenvalue weighted by molar-refractivity contribution is 0.395. The van der Waals surface area contributed by atoms with Gasteiger partial charge in [-0.05, 0) is 31.0 Å². The molecule has 4 rings (SSSR count). The molecular weight excluding hydrogens is 462 g/mol. The van der Waals surface area contributed by atoms with Crippen LogP contribution < -0.4 is 14.2 Å². The molecule has 0 radical (unpaired) electrons. The quantitative estimate of drug-likeness (QED) is 0.309. The highest BCUT2D eigenvalue weighted by molar-refractivity contribution is 5.88. The second-order valence-corrected chi connectivity index (χ2v) is 8.11. The van der Waals surface area contributed by atoms with Crippen LogP contribution in [0.25, 0.3) is 22.6 Å². The van der Waals surface area contributed by atoms with Crippen molar-refractivity contribution in [2.75, 3.05) is 21.3 Å². The Labute approximate surface area is 209 Å². The standard InChI is InChI=1S/C27H29N3O6/c1-5-6-11-17-22(23-19(34-3)13-9-14-20(23)35-4)25(31)24(26(32)28-17)27-30-29-21(36-27)15-16-10-7-8-12-18(16)33-2/h7-10,12-14H,5-6,11,15H2,1-4H3,(H2,28,31,32). The van der Waals surface area contributed by atoms with Crippen molar-refractivity contribution in [3.63, 3.8) is 0 Å². The van der Waals surface area contributed by atoms with E-state index in [1.807, 2.05) is 24.3 Å². The first-order chi connectivity index (χ1) is 17.5. The SMILES string of the molecule is CCCCc1nc(O)c(-c2nnc(Cc3ccccc3OC)o2)c(O)c1-c1c(OC)cccc1OC. The highest BCUT2D eigenvalue weighted by Gasteiger charge is 2.28. The summed E-state index contributed by atoms with van der Waals surface area (Å²) in [6, 6.07) is 12.8. The second-order valence-electron chi connectivity index (χ2n) is 8.11. The molecule has 0 unspecified atom stereocenters. The van der Waals surface area contributed by atoms with Crippen LogP contribution in [0.1, 0.15) is 36.9 Å². The first kappa shape index (κ1) is 24.8. The van der Waals surface area contributed by atoms with E-state index in [0.29, 0.717) is 52.8 Å². The van der Waals surface area contributed by atoms with Crippen LogP contribution in [0.15, 0.2) is 46.9 Å². The van der Waals surface area contributed by atoms with E-state index in [1.165, 1.54) is 14.2 Å². The van der Waals surface area contributed by atoms with Gasteiger partial charge in [0.25, 0.3) is 5.89 Å². The number of aromatic nitrogens is 3. The van der Waals surface area contributed by atoms with Crippen LogP contribution in [0.2, 0.25) is 0 Å². The molecule has 0 aliphatic carbocycles. The normalized spacial score (nSPS) is 10.9. The Morgan fingerprint density at radius 3 is 2.14 bits per heavy atom. The first-order valence-corrected chi connectivity index (χ1v) is 11.6. The van der Waals surface area contributed by atoms with Crippen LogP contribution in [0.4, 0.5) is 0 Å². The Balaban J connectivity index is 1.85. The number of aromatic hydroxyl groups is 2. The van der Waals surface area contributed by atoms with Crippen molar-refractivity contribution in [2.45, 2.75) is 32.6 Å². The predicted molar refractivity (Wildman–Crippen MR) is 134 cm³/mol. The molecule has 0 aliphatic rings. The smallest absolute Gasteiger partial charge is 0.257 e. The monoisotopic (exact) mass is 491 g/mol. The van der Waals surface area contributed by atoms with E-state index in [-0.39, 0.29) is 17.2 Å². The fourth-order valence-electron chi connectivity index (χ4n) is 4.13. The summed E-state index contributed by atoms with van der Waals surface area (Å²) in [4.78, 5) is 4.43. The molecule has 4 aromatic rings. The highest BCUT2D eigenvalue weighted by atomic mass is 16.5. The van der Waals surface area contributed by atoms with E-state index in [0.717, 1.165) is 18.4 Å². The fourth-order valence-corrected chi connectivity index (χ4v) is 4.13. The zero-order valence-electron chi connectivity index (χ0n) is 20.7. The van der Waals surface area contributed by atoms with Crippen molar-refractivity contribution in [3.05, 3.63) is 59.6 Å². The minimum Gasteiger partial charge on any atom is -0.506 e. The lowest BCUT2D eigenvalue weighted by Gasteiger charge is -2.18. The number of pyridine rings is 1. The third-order valence-corrected chi connectivity index (χ3v) is 5.89. The molecule has 9 nitrogen and oxygen atoms in total. The molecule has 0 fully saturated rings. The van der Waals surface area contributed by atoms with Crippen LogP contribution in [0, 0.1) is 0 Å². The van der Waals surface area contributed by atoms with Crippen molar-refractivity contribution in [2.24, 2.45) is 0 Å². The van der Waals surface area contributed by atoms with Gasteiger partial charge in [-0.25, -0.2) is 4.98 Å². The number of benzene rings is 2. The molecule has 0 saturated heterocycles. The maximum atomic E-state index is 11.5. The molecule has 0 atom stereocenters. The van der Waals surface area contributed by atoms with E-state index in [9.17, 15) is 10.2 Å². The van der Waals surface area contributed by atoms with Crippen molar-refractivity contribution in [3.8, 4) is 51.5 Å². The van der Waals surface area contributed by atoms with E-state index in [4.69, 9.17) is 18.6 Å².